The van der Waals surface area contributed by atoms with Gasteiger partial charge in [0.1, 0.15) is 4.88 Å². The lowest BCUT2D eigenvalue weighted by Crippen LogP contribution is -2.41. The smallest absolute Gasteiger partial charge is 0.266 e. The molecule has 20 heavy (non-hydrogen) atoms. The third kappa shape index (κ3) is 3.52. The van der Waals surface area contributed by atoms with Crippen LogP contribution in [-0.4, -0.2) is 48.4 Å². The van der Waals surface area contributed by atoms with Gasteiger partial charge in [-0.1, -0.05) is 13.8 Å². The molecule has 1 aromatic heterocycles. The molecule has 0 aliphatic carbocycles. The van der Waals surface area contributed by atoms with Crippen LogP contribution in [0.4, 0.5) is 5.69 Å². The molecule has 1 aliphatic rings. The molecule has 1 saturated heterocycles. The van der Waals surface area contributed by atoms with E-state index in [2.05, 4.69) is 18.7 Å². The average Bonchev–Trinajstić information content (AvgIpc) is 2.91. The highest BCUT2D eigenvalue weighted by Gasteiger charge is 2.25. The summed E-state index contributed by atoms with van der Waals surface area (Å²) in [4.78, 5) is 17.5. The van der Waals surface area contributed by atoms with Crippen LogP contribution in [0.3, 0.4) is 0 Å². The molecule has 0 unspecified atom stereocenters. The van der Waals surface area contributed by atoms with Crippen LogP contribution >= 0.6 is 11.3 Å². The summed E-state index contributed by atoms with van der Waals surface area (Å²) < 4.78 is 0. The summed E-state index contributed by atoms with van der Waals surface area (Å²) in [5.74, 6) is 0.832. The van der Waals surface area contributed by atoms with Crippen LogP contribution in [-0.2, 0) is 0 Å². The zero-order valence-electron chi connectivity index (χ0n) is 12.5. The molecular weight excluding hydrogens is 270 g/mol. The number of piperidine rings is 1. The number of nitrogens with zero attached hydrogens (tertiary/aromatic N) is 2. The monoisotopic (exact) mass is 295 g/mol. The highest BCUT2D eigenvalue weighted by molar-refractivity contribution is 7.12. The highest BCUT2D eigenvalue weighted by atomic mass is 32.1. The molecule has 2 N–H and O–H groups in total. The molecule has 1 aliphatic heterocycles. The Bertz CT molecular complexity index is 434. The molecule has 2 heterocycles. The first-order valence-electron chi connectivity index (χ1n) is 7.50. The fourth-order valence-electron chi connectivity index (χ4n) is 2.80. The van der Waals surface area contributed by atoms with Crippen molar-refractivity contribution in [3.05, 3.63) is 16.3 Å². The Labute approximate surface area is 125 Å². The summed E-state index contributed by atoms with van der Waals surface area (Å²) in [5.41, 5.74) is 6.45. The normalized spacial score (nSPS) is 16.9. The van der Waals surface area contributed by atoms with Crippen molar-refractivity contribution in [1.82, 2.24) is 9.80 Å². The van der Waals surface area contributed by atoms with Gasteiger partial charge in [0.2, 0.25) is 0 Å². The van der Waals surface area contributed by atoms with Crippen molar-refractivity contribution in [1.29, 1.82) is 0 Å². The van der Waals surface area contributed by atoms with Gasteiger partial charge in [-0.25, -0.2) is 0 Å². The van der Waals surface area contributed by atoms with Gasteiger partial charge in [-0.3, -0.25) is 4.79 Å². The Balaban J connectivity index is 1.85. The van der Waals surface area contributed by atoms with Gasteiger partial charge in [0.25, 0.3) is 5.91 Å². The number of rotatable bonds is 5. The van der Waals surface area contributed by atoms with E-state index >= 15 is 0 Å². The number of amides is 1. The van der Waals surface area contributed by atoms with Crippen LogP contribution in [0.25, 0.3) is 0 Å². The zero-order valence-corrected chi connectivity index (χ0v) is 13.3. The molecule has 1 amide bonds. The summed E-state index contributed by atoms with van der Waals surface area (Å²) in [6.45, 7) is 9.53. The highest BCUT2D eigenvalue weighted by Crippen LogP contribution is 2.24. The molecule has 1 aromatic rings. The Morgan fingerprint density at radius 2 is 2.05 bits per heavy atom. The number of likely N-dealkylation sites (tertiary alicyclic amines) is 1. The maximum atomic E-state index is 12.4. The number of anilines is 1. The topological polar surface area (TPSA) is 49.6 Å². The van der Waals surface area contributed by atoms with Gasteiger partial charge in [-0.2, -0.15) is 0 Å². The predicted molar refractivity (Wildman–Crippen MR) is 85.1 cm³/mol. The molecule has 0 spiro atoms. The van der Waals surface area contributed by atoms with Crippen molar-refractivity contribution in [2.45, 2.75) is 26.7 Å². The summed E-state index contributed by atoms with van der Waals surface area (Å²) in [6.07, 6.45) is 2.21. The maximum Gasteiger partial charge on any atom is 0.266 e. The number of thiophene rings is 1. The number of carbonyl (C=O) groups is 1. The van der Waals surface area contributed by atoms with Crippen molar-refractivity contribution in [3.8, 4) is 0 Å². The molecule has 4 nitrogen and oxygen atoms in total. The Hall–Kier alpha value is -1.07. The largest absolute Gasteiger partial charge is 0.397 e. The molecule has 0 bridgehead atoms. The van der Waals surface area contributed by atoms with E-state index in [-0.39, 0.29) is 5.91 Å². The van der Waals surface area contributed by atoms with Crippen LogP contribution in [0.2, 0.25) is 0 Å². The lowest BCUT2D eigenvalue weighted by molar-refractivity contribution is 0.0675. The van der Waals surface area contributed by atoms with Crippen LogP contribution in [0, 0.1) is 5.92 Å². The predicted octanol–water partition coefficient (Wildman–Crippen LogP) is 2.52. The van der Waals surface area contributed by atoms with Gasteiger partial charge in [0, 0.05) is 19.6 Å². The van der Waals surface area contributed by atoms with E-state index in [1.165, 1.54) is 11.3 Å². The lowest BCUT2D eigenvalue weighted by Gasteiger charge is -2.34. The van der Waals surface area contributed by atoms with Crippen molar-refractivity contribution in [2.75, 3.05) is 38.5 Å². The van der Waals surface area contributed by atoms with Gasteiger partial charge in [0.15, 0.2) is 0 Å². The third-order valence-corrected chi connectivity index (χ3v) is 5.12. The molecule has 0 aromatic carbocycles. The van der Waals surface area contributed by atoms with Crippen LogP contribution < -0.4 is 5.73 Å². The average molecular weight is 295 g/mol. The number of nitrogens with two attached hydrogens (primary N) is 1. The fourth-order valence-corrected chi connectivity index (χ4v) is 3.59. The molecular formula is C15H25N3OS. The van der Waals surface area contributed by atoms with E-state index in [4.69, 9.17) is 5.73 Å². The second-order valence-corrected chi connectivity index (χ2v) is 6.34. The van der Waals surface area contributed by atoms with Crippen LogP contribution in [0.5, 0.6) is 0 Å². The summed E-state index contributed by atoms with van der Waals surface area (Å²) >= 11 is 1.45. The SMILES string of the molecule is CCN(CC)CC1CCN(C(=O)c2sccc2N)CC1. The zero-order chi connectivity index (χ0) is 14.5. The molecule has 0 atom stereocenters. The second-order valence-electron chi connectivity index (χ2n) is 5.43. The number of nitrogen functional groups attached to an aromatic ring is 1. The van der Waals surface area contributed by atoms with E-state index in [1.54, 1.807) is 0 Å². The van der Waals surface area contributed by atoms with Gasteiger partial charge in [-0.05, 0) is 43.3 Å². The second kappa shape index (κ2) is 7.09. The molecule has 5 heteroatoms. The maximum absolute atomic E-state index is 12.4. The minimum Gasteiger partial charge on any atom is -0.397 e. The lowest BCUT2D eigenvalue weighted by atomic mass is 9.96. The quantitative estimate of drug-likeness (QED) is 0.908. The van der Waals surface area contributed by atoms with E-state index in [0.717, 1.165) is 51.5 Å². The number of hydrogen-bond donors (Lipinski definition) is 1. The summed E-state index contributed by atoms with van der Waals surface area (Å²) in [6, 6.07) is 1.81. The van der Waals surface area contributed by atoms with Gasteiger partial charge < -0.3 is 15.5 Å². The van der Waals surface area contributed by atoms with E-state index in [0.29, 0.717) is 10.6 Å². The summed E-state index contributed by atoms with van der Waals surface area (Å²) in [5, 5.41) is 1.88. The molecule has 2 rings (SSSR count). The Kier molecular flexibility index (Phi) is 5.43. The Morgan fingerprint density at radius 1 is 1.40 bits per heavy atom. The van der Waals surface area contributed by atoms with Crippen molar-refractivity contribution < 1.29 is 4.79 Å². The molecule has 112 valence electrons. The minimum absolute atomic E-state index is 0.110. The van der Waals surface area contributed by atoms with Crippen molar-refractivity contribution >= 4 is 22.9 Å². The van der Waals surface area contributed by atoms with Gasteiger partial charge in [-0.15, -0.1) is 11.3 Å². The first kappa shape index (κ1) is 15.3. The van der Waals surface area contributed by atoms with Crippen LogP contribution in [0.1, 0.15) is 36.4 Å². The van der Waals surface area contributed by atoms with Crippen molar-refractivity contribution in [3.63, 3.8) is 0 Å². The fraction of sp³-hybridized carbons (Fsp3) is 0.667. The Morgan fingerprint density at radius 3 is 2.55 bits per heavy atom. The number of carbonyl (C=O) groups excluding carboxylic acids is 1. The molecule has 0 radical (unpaired) electrons. The van der Waals surface area contributed by atoms with E-state index < -0.39 is 0 Å². The van der Waals surface area contributed by atoms with Gasteiger partial charge in [0.05, 0.1) is 5.69 Å². The molecule has 1 fully saturated rings. The van der Waals surface area contributed by atoms with E-state index in [9.17, 15) is 4.79 Å². The van der Waals surface area contributed by atoms with E-state index in [1.807, 2.05) is 16.3 Å². The first-order valence-corrected chi connectivity index (χ1v) is 8.38. The minimum atomic E-state index is 0.110. The standard InChI is InChI=1S/C15H25N3OS/c1-3-17(4-2)11-12-5-8-18(9-6-12)15(19)14-13(16)7-10-20-14/h7,10,12H,3-6,8-9,11,16H2,1-2H3. The van der Waals surface area contributed by atoms with Gasteiger partial charge >= 0.3 is 0 Å². The first-order chi connectivity index (χ1) is 9.65. The summed E-state index contributed by atoms with van der Waals surface area (Å²) in [7, 11) is 0. The van der Waals surface area contributed by atoms with Crippen molar-refractivity contribution in [2.24, 2.45) is 5.92 Å². The van der Waals surface area contributed by atoms with Crippen LogP contribution in [0.15, 0.2) is 11.4 Å². The third-order valence-electron chi connectivity index (χ3n) is 4.20. The molecule has 0 saturated carbocycles. The number of hydrogen-bond acceptors (Lipinski definition) is 4.